The van der Waals surface area contributed by atoms with E-state index in [4.69, 9.17) is 19.9 Å². The Morgan fingerprint density at radius 2 is 2.00 bits per heavy atom. The van der Waals surface area contributed by atoms with Crippen molar-refractivity contribution in [3.05, 3.63) is 10.1 Å². The van der Waals surface area contributed by atoms with Gasteiger partial charge in [-0.15, -0.1) is 10.1 Å². The topological polar surface area (TPSA) is 110 Å². The molecular formula is H3KNO6P. The maximum absolute atomic E-state index is 9.47. The van der Waals surface area contributed by atoms with Gasteiger partial charge < -0.3 is 11.2 Å². The molecule has 2 N–H and O–H groups in total. The Morgan fingerprint density at radius 3 is 2.00 bits per heavy atom. The number of rotatable bonds is 2. The van der Waals surface area contributed by atoms with Crippen LogP contribution in [0.15, 0.2) is 0 Å². The van der Waals surface area contributed by atoms with E-state index in [2.05, 4.69) is 4.62 Å². The smallest absolute Gasteiger partial charge is 1.00 e. The van der Waals surface area contributed by atoms with Crippen LogP contribution in [0.3, 0.4) is 0 Å². The second kappa shape index (κ2) is 4.75. The monoisotopic (exact) mass is 183 g/mol. The predicted molar refractivity (Wildman–Crippen MR) is 21.2 cm³/mol. The molecule has 0 fully saturated rings. The fourth-order valence-electron chi connectivity index (χ4n) is 0.0868. The summed E-state index contributed by atoms with van der Waals surface area (Å²) < 4.78 is 12.3. The fourth-order valence-corrected chi connectivity index (χ4v) is 0.261. The third-order valence-corrected chi connectivity index (χ3v) is 0.519. The SMILES string of the molecule is O=[N+]([O-])OP(=O)(O)O.[H-].[K+]. The largest absolute Gasteiger partial charge is 1.00 e. The maximum Gasteiger partial charge on any atom is 1.00 e. The van der Waals surface area contributed by atoms with Crippen LogP contribution in [-0.2, 0) is 9.19 Å². The molecule has 0 radical (unpaired) electrons. The zero-order valence-corrected chi connectivity index (χ0v) is 8.44. The number of hydrogen-bond donors (Lipinski definition) is 2. The van der Waals surface area contributed by atoms with Gasteiger partial charge in [0, 0.05) is 0 Å². The second-order valence-electron chi connectivity index (χ2n) is 0.796. The summed E-state index contributed by atoms with van der Waals surface area (Å²) in [5.74, 6) is 0. The van der Waals surface area contributed by atoms with Crippen LogP contribution in [0.5, 0.6) is 0 Å². The molecule has 0 rings (SSSR count). The van der Waals surface area contributed by atoms with E-state index in [0.717, 1.165) is 0 Å². The minimum atomic E-state index is -4.92. The van der Waals surface area contributed by atoms with E-state index in [1.165, 1.54) is 0 Å². The molecule has 0 aromatic heterocycles. The molecule has 0 spiro atoms. The summed E-state index contributed by atoms with van der Waals surface area (Å²) in [6, 6.07) is 0. The quantitative estimate of drug-likeness (QED) is 0.198. The van der Waals surface area contributed by atoms with Crippen LogP contribution in [0.1, 0.15) is 1.43 Å². The molecule has 0 aliphatic rings. The average Bonchev–Trinajstić information content (AvgIpc) is 1.21. The summed E-state index contributed by atoms with van der Waals surface area (Å²) in [4.78, 5) is 24.4. The molecule has 0 saturated heterocycles. The summed E-state index contributed by atoms with van der Waals surface area (Å²) in [5.41, 5.74) is 0. The van der Waals surface area contributed by atoms with Crippen molar-refractivity contribution in [3.8, 4) is 0 Å². The summed E-state index contributed by atoms with van der Waals surface area (Å²) in [6.45, 7) is 0. The molecule has 0 aromatic carbocycles. The van der Waals surface area contributed by atoms with Gasteiger partial charge in [0.05, 0.1) is 0 Å². The third-order valence-electron chi connectivity index (χ3n) is 0.173. The van der Waals surface area contributed by atoms with Crippen LogP contribution >= 0.6 is 7.82 Å². The van der Waals surface area contributed by atoms with Crippen molar-refractivity contribution in [1.82, 2.24) is 0 Å². The molecular weight excluding hydrogens is 180 g/mol. The van der Waals surface area contributed by atoms with Crippen molar-refractivity contribution in [1.29, 1.82) is 0 Å². The number of phosphoric acid groups is 1. The summed E-state index contributed by atoms with van der Waals surface area (Å²) >= 11 is 0. The Labute approximate surface area is 93.6 Å². The maximum atomic E-state index is 9.47. The van der Waals surface area contributed by atoms with E-state index in [1.54, 1.807) is 0 Å². The van der Waals surface area contributed by atoms with Crippen LogP contribution in [0.2, 0.25) is 0 Å². The average molecular weight is 183 g/mol. The van der Waals surface area contributed by atoms with Crippen LogP contribution in [0.25, 0.3) is 0 Å². The van der Waals surface area contributed by atoms with Gasteiger partial charge in [0.15, 0.2) is 0 Å². The Kier molecular flexibility index (Phi) is 6.67. The number of nitrogens with zero attached hydrogens (tertiary/aromatic N) is 1. The first-order chi connectivity index (χ1) is 3.42. The predicted octanol–water partition coefficient (Wildman–Crippen LogP) is -3.60. The Balaban J connectivity index is -0.000000245. The summed E-state index contributed by atoms with van der Waals surface area (Å²) in [7, 11) is -4.92. The normalized spacial score (nSPS) is 9.56. The molecule has 0 amide bonds. The van der Waals surface area contributed by atoms with Gasteiger partial charge in [-0.05, 0) is 0 Å². The standard InChI is InChI=1S/K.H2NO6P.H/c;2-1(3)7-8(4,5)6;/h;(H2,4,5,6);/q+1;;-1. The fraction of sp³-hybridized carbons (Fsp3) is 0. The first-order valence-corrected chi connectivity index (χ1v) is 2.84. The van der Waals surface area contributed by atoms with Crippen molar-refractivity contribution < 1.29 is 76.9 Å². The zero-order chi connectivity index (χ0) is 6.78. The first kappa shape index (κ1) is 12.6. The molecule has 0 aliphatic carbocycles. The van der Waals surface area contributed by atoms with Crippen LogP contribution in [-0.4, -0.2) is 14.9 Å². The van der Waals surface area contributed by atoms with Gasteiger partial charge >= 0.3 is 64.3 Å². The van der Waals surface area contributed by atoms with Gasteiger partial charge in [-0.3, -0.25) is 0 Å². The third kappa shape index (κ3) is 12.2. The molecule has 0 aliphatic heterocycles. The van der Waals surface area contributed by atoms with Crippen LogP contribution in [0.4, 0.5) is 0 Å². The van der Waals surface area contributed by atoms with E-state index >= 15 is 0 Å². The second-order valence-corrected chi connectivity index (χ2v) is 1.94. The van der Waals surface area contributed by atoms with Gasteiger partial charge in [0.1, 0.15) is 0 Å². The van der Waals surface area contributed by atoms with Crippen molar-refractivity contribution in [2.45, 2.75) is 0 Å². The van der Waals surface area contributed by atoms with Gasteiger partial charge in [-0.2, -0.15) is 4.62 Å². The van der Waals surface area contributed by atoms with E-state index in [0.29, 0.717) is 0 Å². The van der Waals surface area contributed by atoms with Gasteiger partial charge in [-0.25, -0.2) is 4.57 Å². The molecule has 7 nitrogen and oxygen atoms in total. The Morgan fingerprint density at radius 1 is 1.67 bits per heavy atom. The number of hydrogen-bond acceptors (Lipinski definition) is 4. The van der Waals surface area contributed by atoms with Crippen molar-refractivity contribution >= 4 is 7.82 Å². The minimum Gasteiger partial charge on any atom is -1.00 e. The molecule has 0 saturated carbocycles. The molecule has 9 heavy (non-hydrogen) atoms. The van der Waals surface area contributed by atoms with Crippen molar-refractivity contribution in [3.63, 3.8) is 0 Å². The van der Waals surface area contributed by atoms with Gasteiger partial charge in [0.25, 0.3) is 0 Å². The molecule has 0 aromatic rings. The molecule has 0 bridgehead atoms. The van der Waals surface area contributed by atoms with Crippen LogP contribution < -0.4 is 51.4 Å². The summed E-state index contributed by atoms with van der Waals surface area (Å²) in [6.07, 6.45) is 0. The first-order valence-electron chi connectivity index (χ1n) is 1.31. The van der Waals surface area contributed by atoms with E-state index in [1.807, 2.05) is 0 Å². The van der Waals surface area contributed by atoms with Crippen molar-refractivity contribution in [2.24, 2.45) is 0 Å². The molecule has 9 heteroatoms. The molecule has 0 heterocycles. The van der Waals surface area contributed by atoms with Crippen molar-refractivity contribution in [2.75, 3.05) is 0 Å². The molecule has 0 unspecified atom stereocenters. The Bertz CT molecular complexity index is 141. The van der Waals surface area contributed by atoms with E-state index < -0.39 is 12.9 Å². The van der Waals surface area contributed by atoms with E-state index in [9.17, 15) is 4.57 Å². The zero-order valence-electron chi connectivity index (χ0n) is 5.42. The van der Waals surface area contributed by atoms with Gasteiger partial charge in [0.2, 0.25) is 0 Å². The van der Waals surface area contributed by atoms with Crippen LogP contribution in [0, 0.1) is 10.1 Å². The Hall–Kier alpha value is 0.986. The van der Waals surface area contributed by atoms with E-state index in [-0.39, 0.29) is 52.8 Å². The van der Waals surface area contributed by atoms with Gasteiger partial charge in [-0.1, -0.05) is 0 Å². The summed E-state index contributed by atoms with van der Waals surface area (Å²) in [5, 5.41) is 7.55. The molecule has 0 atom stereocenters. The molecule has 50 valence electrons. The minimum absolute atomic E-state index is 0.